The van der Waals surface area contributed by atoms with Gasteiger partial charge >= 0.3 is 5.97 Å². The molecule has 0 saturated carbocycles. The summed E-state index contributed by atoms with van der Waals surface area (Å²) in [6, 6.07) is 18.2. The van der Waals surface area contributed by atoms with Gasteiger partial charge in [-0.3, -0.25) is 14.5 Å². The van der Waals surface area contributed by atoms with Crippen molar-refractivity contribution in [1.29, 1.82) is 0 Å². The summed E-state index contributed by atoms with van der Waals surface area (Å²) in [6.45, 7) is 4.49. The molecule has 1 fully saturated rings. The highest BCUT2D eigenvalue weighted by Crippen LogP contribution is 2.39. The first-order valence-electron chi connectivity index (χ1n) is 14.6. The summed E-state index contributed by atoms with van der Waals surface area (Å²) in [7, 11) is 5.19. The van der Waals surface area contributed by atoms with Crippen LogP contribution < -0.4 is 20.4 Å². The molecule has 44 heavy (non-hydrogen) atoms. The maximum absolute atomic E-state index is 13.4. The van der Waals surface area contributed by atoms with Crippen molar-refractivity contribution in [2.75, 3.05) is 76.1 Å². The average Bonchev–Trinajstić information content (AvgIpc) is 3.38. The minimum atomic E-state index is -0.489. The number of benzene rings is 3. The SMILES string of the molecule is COC(=O)c1ccc2c(c1)NC(=O)/C2=C(\Nc1ccc(N(C)C(=O)CN2CCN(C)CC2)cc1)c1ccc2c(c1)OOCC2. The molecule has 11 nitrogen and oxygen atoms in total. The van der Waals surface area contributed by atoms with Crippen LogP contribution in [0.3, 0.4) is 0 Å². The maximum Gasteiger partial charge on any atom is 0.337 e. The maximum atomic E-state index is 13.4. The van der Waals surface area contributed by atoms with Crippen LogP contribution in [0, 0.1) is 0 Å². The van der Waals surface area contributed by atoms with Gasteiger partial charge in [0.15, 0.2) is 5.75 Å². The van der Waals surface area contributed by atoms with E-state index < -0.39 is 5.97 Å². The van der Waals surface area contributed by atoms with Gasteiger partial charge in [0, 0.05) is 67.7 Å². The van der Waals surface area contributed by atoms with E-state index in [1.807, 2.05) is 42.5 Å². The Morgan fingerprint density at radius 3 is 2.50 bits per heavy atom. The summed E-state index contributed by atoms with van der Waals surface area (Å²) in [5, 5.41) is 6.33. The van der Waals surface area contributed by atoms with Crippen molar-refractivity contribution in [3.8, 4) is 5.75 Å². The Balaban J connectivity index is 1.30. The molecule has 228 valence electrons. The first-order valence-corrected chi connectivity index (χ1v) is 14.6. The molecular formula is C33H35N5O6. The number of ether oxygens (including phenoxy) is 1. The number of esters is 1. The lowest BCUT2D eigenvalue weighted by atomic mass is 9.97. The van der Waals surface area contributed by atoms with Gasteiger partial charge in [-0.05, 0) is 49.5 Å². The van der Waals surface area contributed by atoms with Crippen LogP contribution in [0.15, 0.2) is 60.7 Å². The number of hydrogen-bond acceptors (Lipinski definition) is 9. The van der Waals surface area contributed by atoms with Crippen molar-refractivity contribution < 1.29 is 28.9 Å². The van der Waals surface area contributed by atoms with Gasteiger partial charge in [0.2, 0.25) is 5.91 Å². The molecule has 2 N–H and O–H groups in total. The molecule has 0 aliphatic carbocycles. The number of amides is 2. The largest absolute Gasteiger partial charge is 0.465 e. The topological polar surface area (TPSA) is 113 Å². The van der Waals surface area contributed by atoms with Crippen molar-refractivity contribution >= 4 is 46.1 Å². The Labute approximate surface area is 255 Å². The number of nitrogens with one attached hydrogen (secondary N) is 2. The third kappa shape index (κ3) is 6.02. The van der Waals surface area contributed by atoms with Crippen molar-refractivity contribution in [3.63, 3.8) is 0 Å². The smallest absolute Gasteiger partial charge is 0.337 e. The summed E-state index contributed by atoms with van der Waals surface area (Å²) in [5.41, 5.74) is 5.67. The number of fused-ring (bicyclic) bond motifs is 2. The quantitative estimate of drug-likeness (QED) is 0.240. The van der Waals surface area contributed by atoms with Crippen LogP contribution >= 0.6 is 0 Å². The number of methoxy groups -OCH3 is 1. The number of carbonyl (C=O) groups excluding carboxylic acids is 3. The molecule has 3 aromatic carbocycles. The first kappa shape index (κ1) is 29.4. The van der Waals surface area contributed by atoms with E-state index in [1.165, 1.54) is 7.11 Å². The monoisotopic (exact) mass is 597 g/mol. The summed E-state index contributed by atoms with van der Waals surface area (Å²) in [6.07, 6.45) is 0.719. The number of hydrogen-bond donors (Lipinski definition) is 2. The predicted molar refractivity (Wildman–Crippen MR) is 167 cm³/mol. The molecule has 0 unspecified atom stereocenters. The Morgan fingerprint density at radius 2 is 1.75 bits per heavy atom. The van der Waals surface area contributed by atoms with Gasteiger partial charge in [-0.1, -0.05) is 18.2 Å². The second-order valence-corrected chi connectivity index (χ2v) is 11.1. The fraction of sp³-hybridized carbons (Fsp3) is 0.303. The Morgan fingerprint density at radius 1 is 1.00 bits per heavy atom. The van der Waals surface area contributed by atoms with E-state index in [4.69, 9.17) is 14.5 Å². The number of anilines is 3. The van der Waals surface area contributed by atoms with Gasteiger partial charge in [0.25, 0.3) is 5.91 Å². The summed E-state index contributed by atoms with van der Waals surface area (Å²) >= 11 is 0. The number of likely N-dealkylation sites (N-methyl/N-ethyl adjacent to an activating group) is 2. The Hall–Kier alpha value is -4.71. The van der Waals surface area contributed by atoms with Crippen LogP contribution in [-0.2, 0) is 25.6 Å². The van der Waals surface area contributed by atoms with Crippen LogP contribution in [0.25, 0.3) is 11.3 Å². The fourth-order valence-corrected chi connectivity index (χ4v) is 5.56. The lowest BCUT2D eigenvalue weighted by Crippen LogP contribution is -2.48. The zero-order valence-corrected chi connectivity index (χ0v) is 25.0. The van der Waals surface area contributed by atoms with E-state index in [-0.39, 0.29) is 11.8 Å². The molecule has 3 aliphatic heterocycles. The predicted octanol–water partition coefficient (Wildman–Crippen LogP) is 3.48. The van der Waals surface area contributed by atoms with Gasteiger partial charge in [-0.25, -0.2) is 4.79 Å². The standard InChI is InChI=1S/C33H35N5O6/c1-36-13-15-38(16-14-36)20-29(39)37(2)25-9-7-24(8-10-25)34-31(22-5-4-21-12-17-43-44-28(21)19-22)30-26-11-6-23(33(41)42-3)18-27(26)35-32(30)40/h4-11,18-19,34H,12-17,20H2,1-3H3,(H,35,40)/b31-30-. The number of rotatable bonds is 7. The Bertz CT molecular complexity index is 1630. The molecular weight excluding hydrogens is 562 g/mol. The lowest BCUT2D eigenvalue weighted by Gasteiger charge is -2.32. The number of nitrogens with zero attached hydrogens (tertiary/aromatic N) is 3. The zero-order valence-electron chi connectivity index (χ0n) is 25.0. The van der Waals surface area contributed by atoms with Crippen LogP contribution in [0.1, 0.15) is 27.0 Å². The van der Waals surface area contributed by atoms with E-state index in [9.17, 15) is 14.4 Å². The van der Waals surface area contributed by atoms with E-state index in [0.29, 0.717) is 52.5 Å². The molecule has 6 rings (SSSR count). The van der Waals surface area contributed by atoms with Gasteiger partial charge in [0.1, 0.15) is 0 Å². The number of piperazine rings is 1. The minimum Gasteiger partial charge on any atom is -0.465 e. The van der Waals surface area contributed by atoms with Crippen molar-refractivity contribution in [2.24, 2.45) is 0 Å². The fourth-order valence-electron chi connectivity index (χ4n) is 5.56. The zero-order chi connectivity index (χ0) is 30.8. The average molecular weight is 598 g/mol. The third-order valence-corrected chi connectivity index (χ3v) is 8.25. The van der Waals surface area contributed by atoms with Crippen LogP contribution in [0.2, 0.25) is 0 Å². The second-order valence-electron chi connectivity index (χ2n) is 11.1. The Kier molecular flexibility index (Phi) is 8.34. The van der Waals surface area contributed by atoms with Gasteiger partial charge in [-0.2, -0.15) is 4.89 Å². The first-order chi connectivity index (χ1) is 21.3. The van der Waals surface area contributed by atoms with Gasteiger partial charge in [0.05, 0.1) is 42.8 Å². The molecule has 0 atom stereocenters. The molecule has 2 amide bonds. The van der Waals surface area contributed by atoms with E-state index in [0.717, 1.165) is 49.5 Å². The molecule has 3 aromatic rings. The highest BCUT2D eigenvalue weighted by Gasteiger charge is 2.30. The van der Waals surface area contributed by atoms with Crippen LogP contribution in [-0.4, -0.2) is 88.1 Å². The highest BCUT2D eigenvalue weighted by molar-refractivity contribution is 6.37. The molecule has 0 aromatic heterocycles. The summed E-state index contributed by atoms with van der Waals surface area (Å²) in [5.74, 6) is -0.189. The molecule has 1 saturated heterocycles. The molecule has 0 radical (unpaired) electrons. The third-order valence-electron chi connectivity index (χ3n) is 8.25. The van der Waals surface area contributed by atoms with Crippen LogP contribution in [0.5, 0.6) is 5.75 Å². The van der Waals surface area contributed by atoms with Crippen molar-refractivity contribution in [3.05, 3.63) is 82.9 Å². The normalized spacial score (nSPS) is 17.6. The van der Waals surface area contributed by atoms with E-state index in [1.54, 1.807) is 30.1 Å². The van der Waals surface area contributed by atoms with Crippen LogP contribution in [0.4, 0.5) is 17.1 Å². The number of carbonyl (C=O) groups is 3. The molecule has 0 bridgehead atoms. The van der Waals surface area contributed by atoms with Gasteiger partial charge in [-0.15, -0.1) is 0 Å². The van der Waals surface area contributed by atoms with E-state index >= 15 is 0 Å². The van der Waals surface area contributed by atoms with Gasteiger partial charge < -0.3 is 30.1 Å². The van der Waals surface area contributed by atoms with Crippen molar-refractivity contribution in [2.45, 2.75) is 6.42 Å². The van der Waals surface area contributed by atoms with Crippen molar-refractivity contribution in [1.82, 2.24) is 9.80 Å². The minimum absolute atomic E-state index is 0.0277. The highest BCUT2D eigenvalue weighted by atomic mass is 17.2. The van der Waals surface area contributed by atoms with E-state index in [2.05, 4.69) is 27.5 Å². The molecule has 11 heteroatoms. The molecule has 3 aliphatic rings. The second kappa shape index (κ2) is 12.5. The molecule has 0 spiro atoms. The summed E-state index contributed by atoms with van der Waals surface area (Å²) < 4.78 is 4.85. The molecule has 3 heterocycles. The summed E-state index contributed by atoms with van der Waals surface area (Å²) in [4.78, 5) is 55.4. The lowest BCUT2D eigenvalue weighted by molar-refractivity contribution is -0.215.